The molecule has 8 nitrogen and oxygen atoms in total. The van der Waals surface area contributed by atoms with E-state index < -0.39 is 0 Å². The van der Waals surface area contributed by atoms with Gasteiger partial charge in [0.25, 0.3) is 0 Å². The maximum atomic E-state index is 9.04. The molecule has 138 valence electrons. The minimum atomic E-state index is 0.169. The van der Waals surface area contributed by atoms with Crippen molar-refractivity contribution >= 4 is 11.5 Å². The van der Waals surface area contributed by atoms with Crippen LogP contribution in [0.15, 0.2) is 24.7 Å². The van der Waals surface area contributed by atoms with Crippen LogP contribution in [0.1, 0.15) is 37.3 Å². The molecule has 4 rings (SSSR count). The van der Waals surface area contributed by atoms with Crippen molar-refractivity contribution in [1.82, 2.24) is 29.7 Å². The summed E-state index contributed by atoms with van der Waals surface area (Å²) < 4.78 is 3.46. The third-order valence-electron chi connectivity index (χ3n) is 5.17. The highest BCUT2D eigenvalue weighted by Gasteiger charge is 2.25. The van der Waals surface area contributed by atoms with Crippen LogP contribution >= 0.6 is 0 Å². The summed E-state index contributed by atoms with van der Waals surface area (Å²) in [5, 5.41) is 21.1. The number of nitrogen functional groups attached to an aromatic ring is 1. The molecule has 0 spiro atoms. The van der Waals surface area contributed by atoms with E-state index >= 15 is 0 Å². The highest BCUT2D eigenvalue weighted by atomic mass is 16.3. The van der Waals surface area contributed by atoms with Gasteiger partial charge in [-0.1, -0.05) is 6.42 Å². The van der Waals surface area contributed by atoms with Gasteiger partial charge in [-0.2, -0.15) is 14.7 Å². The van der Waals surface area contributed by atoms with Crippen LogP contribution in [0.5, 0.6) is 0 Å². The Bertz CT molecular complexity index is 900. The fourth-order valence-electron chi connectivity index (χ4n) is 3.89. The average Bonchev–Trinajstić information content (AvgIpc) is 3.26. The van der Waals surface area contributed by atoms with Crippen LogP contribution in [0.4, 0.5) is 5.82 Å². The van der Waals surface area contributed by atoms with E-state index in [0.29, 0.717) is 24.3 Å². The lowest BCUT2D eigenvalue weighted by Crippen LogP contribution is -2.35. The van der Waals surface area contributed by atoms with Crippen molar-refractivity contribution < 1.29 is 5.11 Å². The van der Waals surface area contributed by atoms with E-state index in [0.717, 1.165) is 48.2 Å². The summed E-state index contributed by atoms with van der Waals surface area (Å²) >= 11 is 0. The van der Waals surface area contributed by atoms with E-state index in [1.807, 2.05) is 25.5 Å². The topological polar surface area (TPSA) is 106 Å². The molecule has 2 atom stereocenters. The van der Waals surface area contributed by atoms with Gasteiger partial charge in [-0.15, -0.1) is 0 Å². The first-order chi connectivity index (χ1) is 12.7. The molecule has 0 saturated heterocycles. The Balaban J connectivity index is 1.67. The molecule has 0 amide bonds. The Labute approximate surface area is 152 Å². The number of aliphatic hydroxyl groups is 1. The average molecular weight is 355 g/mol. The van der Waals surface area contributed by atoms with Crippen LogP contribution in [-0.2, 0) is 7.05 Å². The molecule has 1 unspecified atom stereocenters. The van der Waals surface area contributed by atoms with Gasteiger partial charge in [-0.05, 0) is 19.3 Å². The van der Waals surface area contributed by atoms with Crippen LogP contribution in [0.3, 0.4) is 0 Å². The van der Waals surface area contributed by atoms with Crippen molar-refractivity contribution in [3.63, 3.8) is 0 Å². The lowest BCUT2D eigenvalue weighted by molar-refractivity contribution is 0.265. The summed E-state index contributed by atoms with van der Waals surface area (Å²) in [6.07, 6.45) is 9.98. The molecule has 0 radical (unpaired) electrons. The summed E-state index contributed by atoms with van der Waals surface area (Å²) in [5.41, 5.74) is 9.99. The van der Waals surface area contributed by atoms with E-state index in [1.165, 1.54) is 0 Å². The van der Waals surface area contributed by atoms with Gasteiger partial charge in [0.05, 0.1) is 19.0 Å². The molecule has 3 aromatic rings. The normalized spacial score (nSPS) is 20.7. The summed E-state index contributed by atoms with van der Waals surface area (Å²) in [6.45, 7) is 0.808. The number of fused-ring (bicyclic) bond motifs is 1. The molecule has 0 bridgehead atoms. The minimum Gasteiger partial charge on any atom is -0.395 e. The Morgan fingerprint density at radius 2 is 2.19 bits per heavy atom. The van der Waals surface area contributed by atoms with Crippen molar-refractivity contribution in [3.8, 4) is 11.1 Å². The largest absolute Gasteiger partial charge is 0.395 e. The molecular formula is C18H25N7O. The SMILES string of the molecule is Cn1cc(-c2cnn3c(N)cc([C@H]4CCCC(NCCO)C4)nc23)cn1. The quantitative estimate of drug-likeness (QED) is 0.637. The number of nitrogens with zero attached hydrogens (tertiary/aromatic N) is 5. The van der Waals surface area contributed by atoms with Gasteiger partial charge >= 0.3 is 0 Å². The van der Waals surface area contributed by atoms with Gasteiger partial charge in [0, 0.05) is 54.6 Å². The van der Waals surface area contributed by atoms with E-state index in [1.54, 1.807) is 15.4 Å². The first kappa shape index (κ1) is 17.0. The van der Waals surface area contributed by atoms with Gasteiger partial charge < -0.3 is 16.2 Å². The molecule has 1 aliphatic rings. The Morgan fingerprint density at radius 3 is 2.96 bits per heavy atom. The number of rotatable bonds is 5. The van der Waals surface area contributed by atoms with Crippen molar-refractivity contribution in [2.75, 3.05) is 18.9 Å². The standard InChI is InChI=1S/C18H25N7O/c1-24-11-13(9-21-24)15-10-22-25-17(19)8-16(23-18(15)25)12-3-2-4-14(7-12)20-5-6-26/h8-12,14,20,26H,2-7,19H2,1H3/t12-,14?/m0/s1. The zero-order valence-electron chi connectivity index (χ0n) is 15.0. The number of hydrogen-bond acceptors (Lipinski definition) is 6. The second-order valence-electron chi connectivity index (χ2n) is 7.04. The molecule has 3 heterocycles. The summed E-state index contributed by atoms with van der Waals surface area (Å²) in [4.78, 5) is 4.93. The van der Waals surface area contributed by atoms with E-state index in [4.69, 9.17) is 15.8 Å². The van der Waals surface area contributed by atoms with Crippen LogP contribution in [0, 0.1) is 0 Å². The van der Waals surface area contributed by atoms with Crippen LogP contribution in [0.2, 0.25) is 0 Å². The molecule has 26 heavy (non-hydrogen) atoms. The first-order valence-electron chi connectivity index (χ1n) is 9.13. The second-order valence-corrected chi connectivity index (χ2v) is 7.04. The molecule has 0 aliphatic heterocycles. The summed E-state index contributed by atoms with van der Waals surface area (Å²) in [7, 11) is 1.89. The molecule has 0 aromatic carbocycles. The number of nitrogens with one attached hydrogen (secondary N) is 1. The summed E-state index contributed by atoms with van der Waals surface area (Å²) in [5.74, 6) is 0.967. The lowest BCUT2D eigenvalue weighted by Gasteiger charge is -2.29. The van der Waals surface area contributed by atoms with Gasteiger partial charge in [-0.3, -0.25) is 4.68 Å². The van der Waals surface area contributed by atoms with Crippen molar-refractivity contribution in [1.29, 1.82) is 0 Å². The third-order valence-corrected chi connectivity index (χ3v) is 5.17. The lowest BCUT2D eigenvalue weighted by atomic mass is 9.83. The number of aliphatic hydroxyl groups excluding tert-OH is 1. The number of aryl methyl sites for hydroxylation is 1. The molecule has 1 saturated carbocycles. The Morgan fingerprint density at radius 1 is 1.31 bits per heavy atom. The van der Waals surface area contributed by atoms with Gasteiger partial charge in [-0.25, -0.2) is 4.98 Å². The second kappa shape index (κ2) is 7.05. The molecule has 8 heteroatoms. The number of hydrogen-bond donors (Lipinski definition) is 3. The Hall–Kier alpha value is -2.45. The number of nitrogens with two attached hydrogens (primary N) is 1. The van der Waals surface area contributed by atoms with Gasteiger partial charge in [0.15, 0.2) is 5.65 Å². The van der Waals surface area contributed by atoms with E-state index in [2.05, 4.69) is 15.5 Å². The summed E-state index contributed by atoms with van der Waals surface area (Å²) in [6, 6.07) is 2.37. The van der Waals surface area contributed by atoms with E-state index in [9.17, 15) is 0 Å². The minimum absolute atomic E-state index is 0.169. The first-order valence-corrected chi connectivity index (χ1v) is 9.13. The molecular weight excluding hydrogens is 330 g/mol. The van der Waals surface area contributed by atoms with Crippen LogP contribution in [-0.4, -0.2) is 48.7 Å². The molecule has 3 aromatic heterocycles. The zero-order valence-corrected chi connectivity index (χ0v) is 15.0. The van der Waals surface area contributed by atoms with Crippen LogP contribution < -0.4 is 11.1 Å². The predicted octanol–water partition coefficient (Wildman–Crippen LogP) is 1.32. The monoisotopic (exact) mass is 355 g/mol. The van der Waals surface area contributed by atoms with Crippen molar-refractivity contribution in [2.24, 2.45) is 7.05 Å². The number of aromatic nitrogens is 5. The molecule has 1 aliphatic carbocycles. The fraction of sp³-hybridized carbons (Fsp3) is 0.500. The predicted molar refractivity (Wildman–Crippen MR) is 99.7 cm³/mol. The fourth-order valence-corrected chi connectivity index (χ4v) is 3.89. The zero-order chi connectivity index (χ0) is 18.1. The van der Waals surface area contributed by atoms with Gasteiger partial charge in [0.2, 0.25) is 0 Å². The van der Waals surface area contributed by atoms with Crippen LogP contribution in [0.25, 0.3) is 16.8 Å². The van der Waals surface area contributed by atoms with Crippen molar-refractivity contribution in [2.45, 2.75) is 37.6 Å². The maximum Gasteiger partial charge on any atom is 0.165 e. The Kier molecular flexibility index (Phi) is 4.60. The highest BCUT2D eigenvalue weighted by Crippen LogP contribution is 2.34. The maximum absolute atomic E-state index is 9.04. The smallest absolute Gasteiger partial charge is 0.165 e. The molecule has 4 N–H and O–H groups in total. The molecule has 1 fully saturated rings. The number of anilines is 1. The highest BCUT2D eigenvalue weighted by molar-refractivity contribution is 5.77. The third kappa shape index (κ3) is 3.17. The van der Waals surface area contributed by atoms with Gasteiger partial charge in [0.1, 0.15) is 5.82 Å². The van der Waals surface area contributed by atoms with E-state index in [-0.39, 0.29) is 6.61 Å². The van der Waals surface area contributed by atoms with Crippen molar-refractivity contribution in [3.05, 3.63) is 30.4 Å².